The van der Waals surface area contributed by atoms with E-state index in [0.717, 1.165) is 0 Å². The van der Waals surface area contributed by atoms with Crippen LogP contribution in [-0.4, -0.2) is 18.0 Å². The maximum absolute atomic E-state index is 8.50. The molecule has 0 atom stereocenters. The zero-order valence-electron chi connectivity index (χ0n) is 5.87. The number of nitrogens with zero attached hydrogens (tertiary/aromatic N) is 2. The normalized spacial score (nSPS) is 10.6. The number of rotatable bonds is 4. The Hall–Kier alpha value is -0.650. The topological polar surface area (TPSA) is 27.0 Å². The minimum absolute atomic E-state index is 0.515. The smallest absolute Gasteiger partial charge is 0.179 e. The molecule has 2 nitrogen and oxygen atoms in total. The molecule has 0 aliphatic heterocycles. The van der Waals surface area contributed by atoms with Crippen molar-refractivity contribution < 1.29 is 0 Å². The highest BCUT2D eigenvalue weighted by molar-refractivity contribution is 6.25. The summed E-state index contributed by atoms with van der Waals surface area (Å²) in [6.45, 7) is 1.03. The van der Waals surface area contributed by atoms with Gasteiger partial charge in [-0.25, -0.2) is 0 Å². The third-order valence-electron chi connectivity index (χ3n) is 0.971. The number of halogens is 2. The van der Waals surface area contributed by atoms with Crippen molar-refractivity contribution in [1.82, 2.24) is 4.90 Å². The van der Waals surface area contributed by atoms with E-state index >= 15 is 0 Å². The molecule has 0 aromatic carbocycles. The fraction of sp³-hybridized carbons (Fsp3) is 0.286. The number of hydrogen-bond acceptors (Lipinski definition) is 2. The van der Waals surface area contributed by atoms with E-state index in [1.54, 1.807) is 12.2 Å². The second-order valence-corrected chi connectivity index (χ2v) is 2.23. The fourth-order valence-corrected chi connectivity index (χ4v) is 0.650. The molecule has 0 saturated carbocycles. The summed E-state index contributed by atoms with van der Waals surface area (Å²) in [5.41, 5.74) is 2.77. The maximum Gasteiger partial charge on any atom is 0.179 e. The predicted octanol–water partition coefficient (Wildman–Crippen LogP) is 2.27. The molecule has 0 N–H and O–H groups in total. The summed E-state index contributed by atoms with van der Waals surface area (Å²) in [5.74, 6) is 0. The van der Waals surface area contributed by atoms with E-state index in [9.17, 15) is 0 Å². The van der Waals surface area contributed by atoms with Crippen molar-refractivity contribution in [3.8, 4) is 6.19 Å². The van der Waals surface area contributed by atoms with Gasteiger partial charge in [0.05, 0.1) is 0 Å². The Morgan fingerprint density at radius 2 is 1.64 bits per heavy atom. The van der Waals surface area contributed by atoms with Crippen molar-refractivity contribution in [1.29, 1.82) is 5.26 Å². The summed E-state index contributed by atoms with van der Waals surface area (Å²) in [7, 11) is 0. The Morgan fingerprint density at radius 3 is 1.91 bits per heavy atom. The minimum Gasteiger partial charge on any atom is -0.303 e. The molecule has 60 valence electrons. The average molecular weight is 191 g/mol. The van der Waals surface area contributed by atoms with Crippen molar-refractivity contribution >= 4 is 23.2 Å². The highest BCUT2D eigenvalue weighted by Gasteiger charge is 1.93. The quantitative estimate of drug-likeness (QED) is 0.503. The molecule has 0 heterocycles. The van der Waals surface area contributed by atoms with E-state index in [0.29, 0.717) is 13.1 Å². The molecule has 0 aliphatic rings. The van der Waals surface area contributed by atoms with Crippen LogP contribution in [0.1, 0.15) is 0 Å². The van der Waals surface area contributed by atoms with Gasteiger partial charge in [-0.15, -0.1) is 0 Å². The van der Waals surface area contributed by atoms with Crippen molar-refractivity contribution in [3.05, 3.63) is 23.2 Å². The summed E-state index contributed by atoms with van der Waals surface area (Å²) in [5, 5.41) is 8.50. The molecule has 0 saturated heterocycles. The van der Waals surface area contributed by atoms with Gasteiger partial charge in [-0.05, 0) is 0 Å². The molecule has 0 fully saturated rings. The lowest BCUT2D eigenvalue weighted by atomic mass is 10.5. The Labute approximate surface area is 76.3 Å². The molecule has 0 rings (SSSR count). The number of hydrogen-bond donors (Lipinski definition) is 0. The lowest BCUT2D eigenvalue weighted by Crippen LogP contribution is -2.17. The minimum atomic E-state index is 0.515. The van der Waals surface area contributed by atoms with Crippen molar-refractivity contribution in [2.24, 2.45) is 0 Å². The summed E-state index contributed by atoms with van der Waals surface area (Å²) >= 11 is 10.6. The van der Waals surface area contributed by atoms with Crippen LogP contribution < -0.4 is 0 Å². The largest absolute Gasteiger partial charge is 0.303 e. The van der Waals surface area contributed by atoms with Crippen LogP contribution in [0.25, 0.3) is 0 Å². The van der Waals surface area contributed by atoms with E-state index in [4.69, 9.17) is 28.5 Å². The second kappa shape index (κ2) is 7.46. The summed E-state index contributed by atoms with van der Waals surface area (Å²) in [6.07, 6.45) is 5.36. The van der Waals surface area contributed by atoms with Gasteiger partial charge in [0.15, 0.2) is 6.19 Å². The first kappa shape index (κ1) is 10.3. The molecule has 0 aromatic rings. The van der Waals surface area contributed by atoms with E-state index in [2.05, 4.69) is 0 Å². The summed E-state index contributed by atoms with van der Waals surface area (Å²) < 4.78 is 0. The van der Waals surface area contributed by atoms with E-state index in [-0.39, 0.29) is 0 Å². The van der Waals surface area contributed by atoms with E-state index in [1.165, 1.54) is 16.0 Å². The highest BCUT2D eigenvalue weighted by atomic mass is 35.5. The Balaban J connectivity index is 3.69. The molecule has 0 bridgehead atoms. The predicted molar refractivity (Wildman–Crippen MR) is 47.2 cm³/mol. The van der Waals surface area contributed by atoms with Gasteiger partial charge in [0.2, 0.25) is 0 Å². The van der Waals surface area contributed by atoms with E-state index < -0.39 is 0 Å². The zero-order valence-corrected chi connectivity index (χ0v) is 7.39. The van der Waals surface area contributed by atoms with Crippen molar-refractivity contribution in [2.75, 3.05) is 13.1 Å². The molecule has 0 aromatic heterocycles. The van der Waals surface area contributed by atoms with Gasteiger partial charge < -0.3 is 4.90 Å². The van der Waals surface area contributed by atoms with Crippen molar-refractivity contribution in [3.63, 3.8) is 0 Å². The zero-order chi connectivity index (χ0) is 8.53. The maximum atomic E-state index is 8.50. The van der Waals surface area contributed by atoms with Gasteiger partial charge >= 0.3 is 0 Å². The van der Waals surface area contributed by atoms with Crippen LogP contribution >= 0.6 is 23.2 Å². The molecule has 0 unspecified atom stereocenters. The molecule has 4 heteroatoms. The third kappa shape index (κ3) is 5.78. The van der Waals surface area contributed by atoms with Crippen LogP contribution in [0, 0.1) is 11.5 Å². The first-order valence-corrected chi connectivity index (χ1v) is 3.87. The molecule has 0 amide bonds. The van der Waals surface area contributed by atoms with Crippen LogP contribution in [0.4, 0.5) is 0 Å². The third-order valence-corrected chi connectivity index (χ3v) is 1.33. The van der Waals surface area contributed by atoms with Gasteiger partial charge in [0, 0.05) is 24.2 Å². The Kier molecular flexibility index (Phi) is 7.02. The first-order chi connectivity index (χ1) is 5.35. The molecular formula is C7H8Cl2N2. The molecular weight excluding hydrogens is 183 g/mol. The summed E-state index contributed by atoms with van der Waals surface area (Å²) in [4.78, 5) is 1.51. The second-order valence-electron chi connectivity index (χ2n) is 1.73. The summed E-state index contributed by atoms with van der Waals surface area (Å²) in [6, 6.07) is 0. The molecule has 0 aliphatic carbocycles. The van der Waals surface area contributed by atoms with E-state index in [1.807, 2.05) is 6.19 Å². The van der Waals surface area contributed by atoms with Crippen molar-refractivity contribution in [2.45, 2.75) is 0 Å². The van der Waals surface area contributed by atoms with Gasteiger partial charge in [-0.1, -0.05) is 35.4 Å². The standard InChI is InChI=1S/C7H8Cl2N2/c8-3-1-5-11(7-10)6-2-4-9/h1-4H,5-6H2/b3-1+,4-2+. The highest BCUT2D eigenvalue weighted by Crippen LogP contribution is 1.89. The molecule has 11 heavy (non-hydrogen) atoms. The van der Waals surface area contributed by atoms with Crippen LogP contribution in [0.3, 0.4) is 0 Å². The Bertz CT molecular complexity index is 167. The van der Waals surface area contributed by atoms with Crippen LogP contribution in [0.5, 0.6) is 0 Å². The monoisotopic (exact) mass is 190 g/mol. The Morgan fingerprint density at radius 1 is 1.18 bits per heavy atom. The molecule has 0 radical (unpaired) electrons. The van der Waals surface area contributed by atoms with Crippen LogP contribution in [0.2, 0.25) is 0 Å². The van der Waals surface area contributed by atoms with Gasteiger partial charge in [-0.2, -0.15) is 5.26 Å². The molecule has 0 spiro atoms. The lowest BCUT2D eigenvalue weighted by Gasteiger charge is -2.08. The van der Waals surface area contributed by atoms with Crippen LogP contribution in [-0.2, 0) is 0 Å². The average Bonchev–Trinajstić information content (AvgIpc) is 2.05. The van der Waals surface area contributed by atoms with Crippen LogP contribution in [0.15, 0.2) is 23.2 Å². The number of nitriles is 1. The van der Waals surface area contributed by atoms with Gasteiger partial charge in [0.25, 0.3) is 0 Å². The van der Waals surface area contributed by atoms with Gasteiger partial charge in [-0.3, -0.25) is 0 Å². The SMILES string of the molecule is N#CN(C/C=C/Cl)C/C=C/Cl. The first-order valence-electron chi connectivity index (χ1n) is 3.00. The fourth-order valence-electron chi connectivity index (χ4n) is 0.490. The lowest BCUT2D eigenvalue weighted by molar-refractivity contribution is 0.481. The van der Waals surface area contributed by atoms with Gasteiger partial charge in [0.1, 0.15) is 0 Å².